The van der Waals surface area contributed by atoms with Gasteiger partial charge in [0.15, 0.2) is 0 Å². The molecule has 3 nitrogen and oxygen atoms in total. The van der Waals surface area contributed by atoms with Crippen LogP contribution in [0.15, 0.2) is 54.6 Å². The van der Waals surface area contributed by atoms with Crippen molar-refractivity contribution < 1.29 is 4.79 Å². The number of carbonyl (C=O) groups is 1. The fourth-order valence-corrected chi connectivity index (χ4v) is 2.06. The molecule has 1 amide bonds. The van der Waals surface area contributed by atoms with Gasteiger partial charge >= 0.3 is 0 Å². The molecule has 2 N–H and O–H groups in total. The van der Waals surface area contributed by atoms with Crippen LogP contribution in [0.1, 0.15) is 15.9 Å². The molecular formula is C16H18N2O. The highest BCUT2D eigenvalue weighted by Gasteiger charge is 2.17. The van der Waals surface area contributed by atoms with E-state index in [1.165, 1.54) is 0 Å². The first kappa shape index (κ1) is 13.3. The van der Waals surface area contributed by atoms with Crippen molar-refractivity contribution in [3.05, 3.63) is 65.7 Å². The predicted octanol–water partition coefficient (Wildman–Crippen LogP) is 2.60. The zero-order valence-corrected chi connectivity index (χ0v) is 11.0. The number of amides is 1. The summed E-state index contributed by atoms with van der Waals surface area (Å²) in [5, 5.41) is 0. The summed E-state index contributed by atoms with van der Waals surface area (Å²) >= 11 is 0. The molecule has 0 radical (unpaired) electrons. The fraction of sp³-hybridized carbons (Fsp3) is 0.188. The molecule has 0 atom stereocenters. The highest BCUT2D eigenvalue weighted by Crippen LogP contribution is 2.21. The lowest BCUT2D eigenvalue weighted by Gasteiger charge is -2.24. The molecule has 0 unspecified atom stereocenters. The van der Waals surface area contributed by atoms with Crippen LogP contribution < -0.4 is 10.6 Å². The van der Waals surface area contributed by atoms with Gasteiger partial charge in [-0.1, -0.05) is 36.4 Å². The van der Waals surface area contributed by atoms with Crippen molar-refractivity contribution in [2.45, 2.75) is 6.92 Å². The molecule has 0 heterocycles. The van der Waals surface area contributed by atoms with E-state index in [2.05, 4.69) is 0 Å². The van der Waals surface area contributed by atoms with Gasteiger partial charge in [0.25, 0.3) is 5.91 Å². The van der Waals surface area contributed by atoms with E-state index in [1.54, 1.807) is 4.90 Å². The number of hydrogen-bond acceptors (Lipinski definition) is 2. The molecule has 0 aliphatic carbocycles. The van der Waals surface area contributed by atoms with E-state index >= 15 is 0 Å². The fourth-order valence-electron chi connectivity index (χ4n) is 2.06. The number of para-hydroxylation sites is 1. The summed E-state index contributed by atoms with van der Waals surface area (Å²) in [6.45, 7) is 2.95. The van der Waals surface area contributed by atoms with Crippen molar-refractivity contribution in [1.29, 1.82) is 0 Å². The lowest BCUT2D eigenvalue weighted by Crippen LogP contribution is -2.35. The number of anilines is 1. The second-order valence-corrected chi connectivity index (χ2v) is 4.40. The van der Waals surface area contributed by atoms with Gasteiger partial charge in [0, 0.05) is 24.3 Å². The Morgan fingerprint density at radius 1 is 1.05 bits per heavy atom. The average molecular weight is 254 g/mol. The van der Waals surface area contributed by atoms with Crippen LogP contribution in [0, 0.1) is 6.92 Å². The van der Waals surface area contributed by atoms with E-state index in [9.17, 15) is 4.79 Å². The van der Waals surface area contributed by atoms with E-state index in [1.807, 2.05) is 61.5 Å². The topological polar surface area (TPSA) is 46.3 Å². The number of hydrogen-bond donors (Lipinski definition) is 1. The van der Waals surface area contributed by atoms with Gasteiger partial charge in [0.05, 0.1) is 0 Å². The van der Waals surface area contributed by atoms with E-state index in [0.717, 1.165) is 11.3 Å². The number of nitrogens with zero attached hydrogens (tertiary/aromatic N) is 1. The summed E-state index contributed by atoms with van der Waals surface area (Å²) in [7, 11) is 0. The molecule has 0 aliphatic heterocycles. The molecular weight excluding hydrogens is 236 g/mol. The van der Waals surface area contributed by atoms with Gasteiger partial charge in [-0.3, -0.25) is 4.79 Å². The Labute approximate surface area is 113 Å². The maximum Gasteiger partial charge on any atom is 0.258 e. The van der Waals surface area contributed by atoms with Gasteiger partial charge in [-0.2, -0.15) is 0 Å². The maximum atomic E-state index is 12.6. The molecule has 0 saturated heterocycles. The molecule has 3 heteroatoms. The summed E-state index contributed by atoms with van der Waals surface area (Å²) in [6, 6.07) is 17.1. The van der Waals surface area contributed by atoms with Crippen molar-refractivity contribution in [2.75, 3.05) is 18.0 Å². The number of rotatable bonds is 4. The Morgan fingerprint density at radius 3 is 2.32 bits per heavy atom. The highest BCUT2D eigenvalue weighted by atomic mass is 16.2. The van der Waals surface area contributed by atoms with Gasteiger partial charge in [-0.05, 0) is 30.7 Å². The Bertz CT molecular complexity index is 552. The molecule has 0 spiro atoms. The SMILES string of the molecule is Cc1ccccc1N(CCN)C(=O)c1ccccc1. The van der Waals surface area contributed by atoms with Crippen molar-refractivity contribution >= 4 is 11.6 Å². The molecule has 0 aliphatic rings. The maximum absolute atomic E-state index is 12.6. The first-order valence-electron chi connectivity index (χ1n) is 6.36. The van der Waals surface area contributed by atoms with E-state index < -0.39 is 0 Å². The van der Waals surface area contributed by atoms with Gasteiger partial charge in [-0.25, -0.2) is 0 Å². The molecule has 98 valence electrons. The third-order valence-electron chi connectivity index (χ3n) is 3.02. The Hall–Kier alpha value is -2.13. The average Bonchev–Trinajstić information content (AvgIpc) is 2.46. The number of benzene rings is 2. The summed E-state index contributed by atoms with van der Waals surface area (Å²) in [4.78, 5) is 14.3. The largest absolute Gasteiger partial charge is 0.329 e. The normalized spacial score (nSPS) is 10.2. The van der Waals surface area contributed by atoms with E-state index in [-0.39, 0.29) is 5.91 Å². The van der Waals surface area contributed by atoms with Crippen LogP contribution in [0.4, 0.5) is 5.69 Å². The van der Waals surface area contributed by atoms with Crippen molar-refractivity contribution in [2.24, 2.45) is 5.73 Å². The summed E-state index contributed by atoms with van der Waals surface area (Å²) in [5.74, 6) is -0.0136. The van der Waals surface area contributed by atoms with Crippen LogP contribution in [-0.2, 0) is 0 Å². The van der Waals surface area contributed by atoms with Crippen LogP contribution in [-0.4, -0.2) is 19.0 Å². The highest BCUT2D eigenvalue weighted by molar-refractivity contribution is 6.06. The zero-order valence-electron chi connectivity index (χ0n) is 11.0. The van der Waals surface area contributed by atoms with Crippen LogP contribution in [0.5, 0.6) is 0 Å². The van der Waals surface area contributed by atoms with E-state index in [0.29, 0.717) is 18.7 Å². The van der Waals surface area contributed by atoms with Crippen LogP contribution in [0.25, 0.3) is 0 Å². The lowest BCUT2D eigenvalue weighted by molar-refractivity contribution is 0.0987. The smallest absolute Gasteiger partial charge is 0.258 e. The number of carbonyl (C=O) groups excluding carboxylic acids is 1. The van der Waals surface area contributed by atoms with Gasteiger partial charge in [0.1, 0.15) is 0 Å². The molecule has 0 aromatic heterocycles. The standard InChI is InChI=1S/C16H18N2O/c1-13-7-5-6-10-15(13)18(12-11-17)16(19)14-8-3-2-4-9-14/h2-10H,11-12,17H2,1H3. The molecule has 19 heavy (non-hydrogen) atoms. The molecule has 2 aromatic carbocycles. The van der Waals surface area contributed by atoms with Crippen LogP contribution in [0.3, 0.4) is 0 Å². The van der Waals surface area contributed by atoms with Crippen molar-refractivity contribution in [1.82, 2.24) is 0 Å². The molecule has 2 aromatic rings. The number of aryl methyl sites for hydroxylation is 1. The summed E-state index contributed by atoms with van der Waals surface area (Å²) in [5.41, 5.74) is 8.31. The Kier molecular flexibility index (Phi) is 4.31. The summed E-state index contributed by atoms with van der Waals surface area (Å²) < 4.78 is 0. The zero-order chi connectivity index (χ0) is 13.7. The second-order valence-electron chi connectivity index (χ2n) is 4.40. The minimum atomic E-state index is -0.0136. The van der Waals surface area contributed by atoms with Crippen molar-refractivity contribution in [3.8, 4) is 0 Å². The third-order valence-corrected chi connectivity index (χ3v) is 3.02. The molecule has 2 rings (SSSR count). The van der Waals surface area contributed by atoms with Gasteiger partial charge in [0.2, 0.25) is 0 Å². The third kappa shape index (κ3) is 3.01. The summed E-state index contributed by atoms with van der Waals surface area (Å²) in [6.07, 6.45) is 0. The first-order chi connectivity index (χ1) is 9.24. The van der Waals surface area contributed by atoms with Crippen LogP contribution >= 0.6 is 0 Å². The Balaban J connectivity index is 2.36. The molecule has 0 saturated carbocycles. The molecule has 0 bridgehead atoms. The number of nitrogens with two attached hydrogens (primary N) is 1. The Morgan fingerprint density at radius 2 is 1.68 bits per heavy atom. The monoisotopic (exact) mass is 254 g/mol. The predicted molar refractivity (Wildman–Crippen MR) is 78.4 cm³/mol. The van der Waals surface area contributed by atoms with Gasteiger partial charge < -0.3 is 10.6 Å². The quantitative estimate of drug-likeness (QED) is 0.911. The second kappa shape index (κ2) is 6.16. The van der Waals surface area contributed by atoms with Crippen molar-refractivity contribution in [3.63, 3.8) is 0 Å². The lowest BCUT2D eigenvalue weighted by atomic mass is 10.1. The minimum absolute atomic E-state index is 0.0136. The minimum Gasteiger partial charge on any atom is -0.329 e. The first-order valence-corrected chi connectivity index (χ1v) is 6.36. The van der Waals surface area contributed by atoms with Gasteiger partial charge in [-0.15, -0.1) is 0 Å². The van der Waals surface area contributed by atoms with Crippen LogP contribution in [0.2, 0.25) is 0 Å². The van der Waals surface area contributed by atoms with E-state index in [4.69, 9.17) is 5.73 Å². The molecule has 0 fully saturated rings.